The van der Waals surface area contributed by atoms with E-state index in [1.807, 2.05) is 6.92 Å². The maximum Gasteiger partial charge on any atom is 0.0264 e. The Hall–Kier alpha value is 0. The number of hydrogen-bond donors (Lipinski definition) is 0. The average Bonchev–Trinajstić information content (AvgIpc) is 1.35. The molecule has 0 bridgehead atoms. The summed E-state index contributed by atoms with van der Waals surface area (Å²) in [6.07, 6.45) is 2.33. The first-order valence-corrected chi connectivity index (χ1v) is 2.19. The van der Waals surface area contributed by atoms with E-state index in [0.29, 0.717) is 0 Å². The maximum atomic E-state index is 6.98. The molecule has 0 spiro atoms. The van der Waals surface area contributed by atoms with Gasteiger partial charge in [-0.3, -0.25) is 0 Å². The second-order valence-electron chi connectivity index (χ2n) is 1.20. The second kappa shape index (κ2) is 4.00. The summed E-state index contributed by atoms with van der Waals surface area (Å²) in [5, 5.41) is 0. The fourth-order valence-electron chi connectivity index (χ4n) is 0.289. The molecule has 5 heavy (non-hydrogen) atoms. The van der Waals surface area contributed by atoms with Crippen molar-refractivity contribution in [3.05, 3.63) is 0 Å². The first-order valence-electron chi connectivity index (χ1n) is 2.77. The Balaban J connectivity index is 2.63. The molecule has 0 aromatic heterocycles. The van der Waals surface area contributed by atoms with Crippen LogP contribution >= 0.6 is 0 Å². The van der Waals surface area contributed by atoms with Crippen LogP contribution in [0.1, 0.15) is 34.5 Å². The molecule has 0 radical (unpaired) electrons. The van der Waals surface area contributed by atoms with Crippen LogP contribution in [-0.4, -0.2) is 0 Å². The van der Waals surface area contributed by atoms with E-state index in [9.17, 15) is 0 Å². The summed E-state index contributed by atoms with van der Waals surface area (Å²) in [4.78, 5) is 0. The molecule has 0 aromatic carbocycles. The van der Waals surface area contributed by atoms with Crippen molar-refractivity contribution in [2.45, 2.75) is 33.1 Å². The lowest BCUT2D eigenvalue weighted by atomic mass is 10.3. The predicted molar refractivity (Wildman–Crippen MR) is 25.2 cm³/mol. The van der Waals surface area contributed by atoms with E-state index in [4.69, 9.17) is 1.37 Å². The van der Waals surface area contributed by atoms with Gasteiger partial charge < -0.3 is 0 Å². The number of rotatable bonds is 2. The minimum absolute atomic E-state index is 0.148. The molecule has 0 N–H and O–H groups in total. The molecular weight excluding hydrogens is 60.1 g/mol. The van der Waals surface area contributed by atoms with Gasteiger partial charge in [0.1, 0.15) is 0 Å². The highest BCUT2D eigenvalue weighted by Crippen LogP contribution is 1.88. The minimum atomic E-state index is 0.148. The zero-order chi connectivity index (χ0) is 4.99. The molecule has 0 heterocycles. The average molecular weight is 73.2 g/mol. The molecule has 0 saturated carbocycles. The van der Waals surface area contributed by atoms with E-state index >= 15 is 0 Å². The van der Waals surface area contributed by atoms with E-state index < -0.39 is 0 Å². The van der Waals surface area contributed by atoms with Crippen LogP contribution in [0.5, 0.6) is 0 Å². The van der Waals surface area contributed by atoms with E-state index in [2.05, 4.69) is 6.92 Å². The maximum absolute atomic E-state index is 6.98. The quantitative estimate of drug-likeness (QED) is 0.470. The van der Waals surface area contributed by atoms with Crippen LogP contribution in [0.15, 0.2) is 0 Å². The molecule has 0 heteroatoms. The van der Waals surface area contributed by atoms with Gasteiger partial charge in [-0.25, -0.2) is 0 Å². The molecule has 0 saturated heterocycles. The zero-order valence-electron chi connectivity index (χ0n) is 4.99. The first-order chi connectivity index (χ1) is 2.77. The zero-order valence-corrected chi connectivity index (χ0v) is 3.99. The SMILES string of the molecule is [2H][C@H](C)CCC. The smallest absolute Gasteiger partial charge is 0.0264 e. The first kappa shape index (κ1) is 3.20. The lowest BCUT2D eigenvalue weighted by molar-refractivity contribution is 0.772. The van der Waals surface area contributed by atoms with Crippen LogP contribution in [0.2, 0.25) is 0 Å². The van der Waals surface area contributed by atoms with Gasteiger partial charge in [0, 0.05) is 1.37 Å². The van der Waals surface area contributed by atoms with Crippen molar-refractivity contribution in [2.75, 3.05) is 0 Å². The molecule has 1 atom stereocenters. The van der Waals surface area contributed by atoms with E-state index in [0.717, 1.165) is 12.8 Å². The highest BCUT2D eigenvalue weighted by molar-refractivity contribution is 4.24. The molecule has 0 nitrogen and oxygen atoms in total. The summed E-state index contributed by atoms with van der Waals surface area (Å²) in [7, 11) is 0. The molecule has 32 valence electrons. The van der Waals surface area contributed by atoms with Crippen LogP contribution in [-0.2, 0) is 0 Å². The van der Waals surface area contributed by atoms with Crippen molar-refractivity contribution in [1.29, 1.82) is 0 Å². The normalized spacial score (nSPS) is 17.6. The Bertz CT molecular complexity index is 25.1. The molecular formula is C5H12. The Labute approximate surface area is 35.6 Å². The van der Waals surface area contributed by atoms with Crippen molar-refractivity contribution in [3.63, 3.8) is 0 Å². The van der Waals surface area contributed by atoms with Gasteiger partial charge in [-0.05, 0) is 0 Å². The fourth-order valence-corrected chi connectivity index (χ4v) is 0.289. The molecule has 0 aromatic rings. The van der Waals surface area contributed by atoms with Crippen molar-refractivity contribution >= 4 is 0 Å². The Kier molecular flexibility index (Phi) is 2.56. The molecule has 0 fully saturated rings. The van der Waals surface area contributed by atoms with Crippen molar-refractivity contribution in [1.82, 2.24) is 0 Å². The van der Waals surface area contributed by atoms with Crippen molar-refractivity contribution in [3.8, 4) is 0 Å². The third kappa shape index (κ3) is 4.00. The van der Waals surface area contributed by atoms with Gasteiger partial charge in [0.2, 0.25) is 0 Å². The van der Waals surface area contributed by atoms with Crippen LogP contribution in [0.4, 0.5) is 0 Å². The van der Waals surface area contributed by atoms with Gasteiger partial charge in [0.05, 0.1) is 0 Å². The third-order valence-electron chi connectivity index (χ3n) is 0.577. The summed E-state index contributed by atoms with van der Waals surface area (Å²) in [5.74, 6) is 0. The van der Waals surface area contributed by atoms with Crippen LogP contribution in [0, 0.1) is 0 Å². The van der Waals surface area contributed by atoms with Gasteiger partial charge in [0.25, 0.3) is 0 Å². The monoisotopic (exact) mass is 73.1 g/mol. The lowest BCUT2D eigenvalue weighted by Crippen LogP contribution is -1.59. The summed E-state index contributed by atoms with van der Waals surface area (Å²) in [6.45, 7) is 4.02. The summed E-state index contributed by atoms with van der Waals surface area (Å²) in [5.41, 5.74) is 0. The van der Waals surface area contributed by atoms with E-state index in [1.165, 1.54) is 0 Å². The molecule has 0 rings (SSSR count). The summed E-state index contributed by atoms with van der Waals surface area (Å²) in [6, 6.07) is 0. The summed E-state index contributed by atoms with van der Waals surface area (Å²) >= 11 is 0. The van der Waals surface area contributed by atoms with Gasteiger partial charge in [0.15, 0.2) is 0 Å². The fraction of sp³-hybridized carbons (Fsp3) is 1.00. The Morgan fingerprint density at radius 1 is 1.60 bits per heavy atom. The van der Waals surface area contributed by atoms with Gasteiger partial charge in [-0.2, -0.15) is 0 Å². The standard InChI is InChI=1S/C5H12/c1-3-5-4-2/h3-5H2,1-2H3/i3D/t3-/m1/s1. The molecule has 0 aliphatic rings. The predicted octanol–water partition coefficient (Wildman–Crippen LogP) is 2.20. The van der Waals surface area contributed by atoms with Crippen LogP contribution < -0.4 is 0 Å². The minimum Gasteiger partial charge on any atom is -0.0654 e. The topological polar surface area (TPSA) is 0 Å². The molecule has 0 aliphatic heterocycles. The third-order valence-corrected chi connectivity index (χ3v) is 0.577. The largest absolute Gasteiger partial charge is 0.0654 e. The van der Waals surface area contributed by atoms with Crippen molar-refractivity contribution in [2.24, 2.45) is 0 Å². The molecule has 0 unspecified atom stereocenters. The van der Waals surface area contributed by atoms with E-state index in [1.54, 1.807) is 0 Å². The van der Waals surface area contributed by atoms with Crippen molar-refractivity contribution < 1.29 is 1.37 Å². The van der Waals surface area contributed by atoms with Crippen LogP contribution in [0.25, 0.3) is 0 Å². The Morgan fingerprint density at radius 2 is 2.20 bits per heavy atom. The molecule has 0 aliphatic carbocycles. The van der Waals surface area contributed by atoms with Crippen LogP contribution in [0.3, 0.4) is 0 Å². The van der Waals surface area contributed by atoms with Gasteiger partial charge >= 0.3 is 0 Å². The van der Waals surface area contributed by atoms with E-state index in [-0.39, 0.29) is 6.40 Å². The van der Waals surface area contributed by atoms with Gasteiger partial charge in [-0.1, -0.05) is 33.1 Å². The second-order valence-corrected chi connectivity index (χ2v) is 1.20. The lowest BCUT2D eigenvalue weighted by Gasteiger charge is -1.79. The highest BCUT2D eigenvalue weighted by Gasteiger charge is 1.68. The number of hydrogen-bond acceptors (Lipinski definition) is 0. The van der Waals surface area contributed by atoms with Gasteiger partial charge in [-0.15, -0.1) is 0 Å². The summed E-state index contributed by atoms with van der Waals surface area (Å²) < 4.78 is 6.98. The molecule has 0 amide bonds. The Morgan fingerprint density at radius 3 is 2.20 bits per heavy atom. The highest BCUT2D eigenvalue weighted by atomic mass is 13.7.